The van der Waals surface area contributed by atoms with Crippen molar-refractivity contribution in [3.8, 4) is 0 Å². The minimum absolute atomic E-state index is 0.0339. The van der Waals surface area contributed by atoms with Gasteiger partial charge in [0.05, 0.1) is 4.90 Å². The maximum Gasteiger partial charge on any atom is 0.324 e. The normalized spacial score (nSPS) is 15.6. The molecule has 0 spiro atoms. The Kier molecular flexibility index (Phi) is 8.63. The van der Waals surface area contributed by atoms with Crippen LogP contribution in [0.5, 0.6) is 0 Å². The van der Waals surface area contributed by atoms with Gasteiger partial charge in [-0.15, -0.1) is 0 Å². The third-order valence-corrected chi connectivity index (χ3v) is 6.27. The molecule has 9 nitrogen and oxygen atoms in total. The summed E-state index contributed by atoms with van der Waals surface area (Å²) in [6.07, 6.45) is 3.77. The third-order valence-electron chi connectivity index (χ3n) is 4.60. The van der Waals surface area contributed by atoms with Crippen LogP contribution in [0.4, 0.5) is 4.79 Å². The van der Waals surface area contributed by atoms with E-state index in [-0.39, 0.29) is 16.0 Å². The predicted molar refractivity (Wildman–Crippen MR) is 110 cm³/mol. The molecular formula is C19H26ClN3O6S. The highest BCUT2D eigenvalue weighted by Gasteiger charge is 2.30. The summed E-state index contributed by atoms with van der Waals surface area (Å²) in [7, 11) is -4.04. The number of nitrogens with one attached hydrogen (secondary N) is 3. The Balaban J connectivity index is 1.90. The van der Waals surface area contributed by atoms with Crippen molar-refractivity contribution >= 4 is 39.5 Å². The van der Waals surface area contributed by atoms with E-state index in [1.807, 2.05) is 0 Å². The minimum atomic E-state index is -4.04. The number of benzene rings is 1. The van der Waals surface area contributed by atoms with Crippen molar-refractivity contribution in [3.63, 3.8) is 0 Å². The number of halogens is 1. The number of amides is 3. The van der Waals surface area contributed by atoms with Gasteiger partial charge in [0.2, 0.25) is 10.0 Å². The molecule has 1 aliphatic rings. The Bertz CT molecular complexity index is 884. The second-order valence-corrected chi connectivity index (χ2v) is 9.56. The zero-order valence-corrected chi connectivity index (χ0v) is 18.4. The van der Waals surface area contributed by atoms with Crippen LogP contribution in [0.2, 0.25) is 5.02 Å². The average Bonchev–Trinajstić information content (AvgIpc) is 3.16. The van der Waals surface area contributed by atoms with E-state index < -0.39 is 46.5 Å². The SMILES string of the molecule is CC(C)[C@@H](NS(=O)(=O)c1cccc(Cl)c1)C(=O)OCC(=O)NC(=O)NC1CCCC1. The minimum Gasteiger partial charge on any atom is -0.454 e. The first-order valence-electron chi connectivity index (χ1n) is 9.63. The van der Waals surface area contributed by atoms with Gasteiger partial charge in [-0.05, 0) is 37.0 Å². The molecule has 1 aliphatic carbocycles. The van der Waals surface area contributed by atoms with Crippen LogP contribution in [-0.4, -0.2) is 45.0 Å². The third kappa shape index (κ3) is 7.26. The Morgan fingerprint density at radius 3 is 2.47 bits per heavy atom. The molecule has 0 radical (unpaired) electrons. The van der Waals surface area contributed by atoms with Gasteiger partial charge in [-0.3, -0.25) is 14.9 Å². The van der Waals surface area contributed by atoms with Crippen LogP contribution in [-0.2, 0) is 24.3 Å². The second-order valence-electron chi connectivity index (χ2n) is 7.41. The van der Waals surface area contributed by atoms with Gasteiger partial charge >= 0.3 is 12.0 Å². The Hall–Kier alpha value is -2.17. The van der Waals surface area contributed by atoms with Crippen LogP contribution in [0, 0.1) is 5.92 Å². The summed E-state index contributed by atoms with van der Waals surface area (Å²) in [5, 5.41) is 5.00. The molecule has 3 N–H and O–H groups in total. The van der Waals surface area contributed by atoms with Crippen LogP contribution >= 0.6 is 11.6 Å². The molecular weight excluding hydrogens is 434 g/mol. The van der Waals surface area contributed by atoms with E-state index >= 15 is 0 Å². The lowest BCUT2D eigenvalue weighted by Crippen LogP contribution is -2.47. The van der Waals surface area contributed by atoms with E-state index in [4.69, 9.17) is 16.3 Å². The monoisotopic (exact) mass is 459 g/mol. The fourth-order valence-electron chi connectivity index (χ4n) is 3.01. The molecule has 1 saturated carbocycles. The molecule has 1 aromatic rings. The lowest BCUT2D eigenvalue weighted by molar-refractivity contribution is -0.150. The molecule has 0 heterocycles. The van der Waals surface area contributed by atoms with Gasteiger partial charge in [0.25, 0.3) is 5.91 Å². The fourth-order valence-corrected chi connectivity index (χ4v) is 4.64. The highest BCUT2D eigenvalue weighted by atomic mass is 35.5. The van der Waals surface area contributed by atoms with Gasteiger partial charge in [0, 0.05) is 11.1 Å². The van der Waals surface area contributed by atoms with Crippen molar-refractivity contribution in [1.29, 1.82) is 0 Å². The number of carbonyl (C=O) groups is 3. The first-order valence-corrected chi connectivity index (χ1v) is 11.5. The van der Waals surface area contributed by atoms with Crippen molar-refractivity contribution in [2.75, 3.05) is 6.61 Å². The molecule has 1 atom stereocenters. The first-order chi connectivity index (χ1) is 14.1. The molecule has 0 aliphatic heterocycles. The summed E-state index contributed by atoms with van der Waals surface area (Å²) in [5.41, 5.74) is 0. The summed E-state index contributed by atoms with van der Waals surface area (Å²) < 4.78 is 32.3. The van der Waals surface area contributed by atoms with Crippen LogP contribution in [0.25, 0.3) is 0 Å². The van der Waals surface area contributed by atoms with Crippen LogP contribution in [0.3, 0.4) is 0 Å². The Morgan fingerprint density at radius 2 is 1.87 bits per heavy atom. The highest BCUT2D eigenvalue weighted by molar-refractivity contribution is 7.89. The van der Waals surface area contributed by atoms with Crippen molar-refractivity contribution in [1.82, 2.24) is 15.4 Å². The maximum atomic E-state index is 12.5. The maximum absolute atomic E-state index is 12.5. The number of rotatable bonds is 8. The lowest BCUT2D eigenvalue weighted by atomic mass is 10.1. The first kappa shape index (κ1) is 24.1. The summed E-state index contributed by atoms with van der Waals surface area (Å²) in [6.45, 7) is 2.54. The van der Waals surface area contributed by atoms with Gasteiger partial charge in [-0.2, -0.15) is 4.72 Å². The zero-order chi connectivity index (χ0) is 22.3. The van der Waals surface area contributed by atoms with E-state index in [0.29, 0.717) is 0 Å². The number of hydrogen-bond donors (Lipinski definition) is 3. The van der Waals surface area contributed by atoms with E-state index in [1.165, 1.54) is 24.3 Å². The molecule has 30 heavy (non-hydrogen) atoms. The molecule has 0 bridgehead atoms. The van der Waals surface area contributed by atoms with Gasteiger partial charge in [-0.25, -0.2) is 13.2 Å². The summed E-state index contributed by atoms with van der Waals surface area (Å²) in [5.74, 6) is -2.19. The average molecular weight is 460 g/mol. The molecule has 11 heteroatoms. The molecule has 0 unspecified atom stereocenters. The highest BCUT2D eigenvalue weighted by Crippen LogP contribution is 2.18. The van der Waals surface area contributed by atoms with Crippen LogP contribution in [0.1, 0.15) is 39.5 Å². The van der Waals surface area contributed by atoms with Gasteiger partial charge in [0.15, 0.2) is 6.61 Å². The predicted octanol–water partition coefficient (Wildman–Crippen LogP) is 1.95. The molecule has 1 fully saturated rings. The van der Waals surface area contributed by atoms with E-state index in [0.717, 1.165) is 25.7 Å². The Morgan fingerprint density at radius 1 is 1.20 bits per heavy atom. The number of carbonyl (C=O) groups excluding carboxylic acids is 3. The number of imide groups is 1. The fraction of sp³-hybridized carbons (Fsp3) is 0.526. The number of sulfonamides is 1. The van der Waals surface area contributed by atoms with Crippen LogP contribution in [0.15, 0.2) is 29.2 Å². The van der Waals surface area contributed by atoms with E-state index in [2.05, 4.69) is 15.4 Å². The standard InChI is InChI=1S/C19H26ClN3O6S/c1-12(2)17(23-30(27,28)15-9-5-6-13(20)10-15)18(25)29-11-16(24)22-19(26)21-14-7-3-4-8-14/h5-6,9-10,12,14,17,23H,3-4,7-8,11H2,1-2H3,(H2,21,22,24,26)/t17-/m1/s1. The summed E-state index contributed by atoms with van der Waals surface area (Å²) in [6, 6.07) is 3.75. The summed E-state index contributed by atoms with van der Waals surface area (Å²) in [4.78, 5) is 35.9. The quantitative estimate of drug-likeness (QED) is 0.509. The van der Waals surface area contributed by atoms with Crippen molar-refractivity contribution in [3.05, 3.63) is 29.3 Å². The molecule has 166 valence electrons. The number of hydrogen-bond acceptors (Lipinski definition) is 6. The molecule has 0 saturated heterocycles. The largest absolute Gasteiger partial charge is 0.454 e. The smallest absolute Gasteiger partial charge is 0.324 e. The van der Waals surface area contributed by atoms with Crippen molar-refractivity contribution in [2.24, 2.45) is 5.92 Å². The van der Waals surface area contributed by atoms with Crippen LogP contribution < -0.4 is 15.4 Å². The number of ether oxygens (including phenoxy) is 1. The van der Waals surface area contributed by atoms with Gasteiger partial charge < -0.3 is 10.1 Å². The number of urea groups is 1. The molecule has 3 amide bonds. The second kappa shape index (κ2) is 10.7. The Labute approximate surface area is 180 Å². The molecule has 0 aromatic heterocycles. The van der Waals surface area contributed by atoms with E-state index in [9.17, 15) is 22.8 Å². The molecule has 1 aromatic carbocycles. The topological polar surface area (TPSA) is 131 Å². The number of esters is 1. The molecule has 2 rings (SSSR count). The lowest BCUT2D eigenvalue weighted by Gasteiger charge is -2.21. The van der Waals surface area contributed by atoms with E-state index in [1.54, 1.807) is 13.8 Å². The van der Waals surface area contributed by atoms with Crippen molar-refractivity contribution in [2.45, 2.75) is 56.5 Å². The van der Waals surface area contributed by atoms with Gasteiger partial charge in [-0.1, -0.05) is 44.4 Å². The summed E-state index contributed by atoms with van der Waals surface area (Å²) >= 11 is 5.83. The zero-order valence-electron chi connectivity index (χ0n) is 16.8. The van der Waals surface area contributed by atoms with Gasteiger partial charge in [0.1, 0.15) is 6.04 Å². The van der Waals surface area contributed by atoms with Crippen molar-refractivity contribution < 1.29 is 27.5 Å².